The Labute approximate surface area is 211 Å². The fourth-order valence-corrected chi connectivity index (χ4v) is 7.21. The van der Waals surface area contributed by atoms with E-state index < -0.39 is 26.9 Å². The van der Waals surface area contributed by atoms with E-state index in [0.29, 0.717) is 22.6 Å². The van der Waals surface area contributed by atoms with Crippen LogP contribution in [-0.4, -0.2) is 28.4 Å². The lowest BCUT2D eigenvalue weighted by molar-refractivity contribution is 0.0911. The monoisotopic (exact) mass is 498 g/mol. The van der Waals surface area contributed by atoms with E-state index in [4.69, 9.17) is 9.47 Å². The van der Waals surface area contributed by atoms with Crippen LogP contribution in [0.25, 0.3) is 0 Å². The fraction of sp³-hybridized carbons (Fsp3) is 0.167. The van der Waals surface area contributed by atoms with Crippen LogP contribution in [0.4, 0.5) is 0 Å². The maximum absolute atomic E-state index is 14.2. The summed E-state index contributed by atoms with van der Waals surface area (Å²) < 4.78 is 38.8. The molecule has 1 aliphatic rings. The third-order valence-corrected chi connectivity index (χ3v) is 9.03. The number of ketones is 1. The first-order chi connectivity index (χ1) is 17.5. The maximum atomic E-state index is 14.2. The van der Waals surface area contributed by atoms with Crippen LogP contribution in [0.15, 0.2) is 108 Å². The number of rotatable bonds is 7. The number of carbonyl (C=O) groups excluding carboxylic acids is 1. The Morgan fingerprint density at radius 2 is 1.19 bits per heavy atom. The molecule has 5 rings (SSSR count). The fourth-order valence-electron chi connectivity index (χ4n) is 5.17. The van der Waals surface area contributed by atoms with Gasteiger partial charge in [0.15, 0.2) is 15.6 Å². The van der Waals surface area contributed by atoms with Gasteiger partial charge in [0.1, 0.15) is 16.7 Å². The zero-order valence-corrected chi connectivity index (χ0v) is 20.8. The highest BCUT2D eigenvalue weighted by Crippen LogP contribution is 2.54. The molecule has 0 heterocycles. The minimum Gasteiger partial charge on any atom is -0.497 e. The van der Waals surface area contributed by atoms with E-state index >= 15 is 0 Å². The van der Waals surface area contributed by atoms with Gasteiger partial charge in [-0.3, -0.25) is 4.79 Å². The first-order valence-corrected chi connectivity index (χ1v) is 13.2. The van der Waals surface area contributed by atoms with E-state index in [9.17, 15) is 13.2 Å². The molecule has 4 aromatic rings. The molecular formula is C30H26O5S. The Bertz CT molecular complexity index is 1480. The van der Waals surface area contributed by atoms with E-state index in [-0.39, 0.29) is 10.7 Å². The van der Waals surface area contributed by atoms with E-state index in [2.05, 4.69) is 0 Å². The molecule has 36 heavy (non-hydrogen) atoms. The molecule has 0 saturated heterocycles. The third-order valence-electron chi connectivity index (χ3n) is 6.88. The number of Topliss-reactive ketones (excluding diaryl/α,β-unsaturated/α-hetero) is 1. The summed E-state index contributed by atoms with van der Waals surface area (Å²) in [5, 5.41) is -1.03. The van der Waals surface area contributed by atoms with Gasteiger partial charge in [0, 0.05) is 11.5 Å². The average Bonchev–Trinajstić information content (AvgIpc) is 3.29. The van der Waals surface area contributed by atoms with Crippen molar-refractivity contribution in [1.29, 1.82) is 0 Å². The van der Waals surface area contributed by atoms with Crippen LogP contribution in [0.2, 0.25) is 0 Å². The Hall–Kier alpha value is -3.90. The van der Waals surface area contributed by atoms with Gasteiger partial charge in [0.2, 0.25) is 0 Å². The van der Waals surface area contributed by atoms with Crippen molar-refractivity contribution in [2.75, 3.05) is 14.2 Å². The van der Waals surface area contributed by atoms with Crippen LogP contribution in [0.3, 0.4) is 0 Å². The normalized spacial score (nSPS) is 18.9. The van der Waals surface area contributed by atoms with Gasteiger partial charge in [-0.1, -0.05) is 54.6 Å². The van der Waals surface area contributed by atoms with Gasteiger partial charge in [-0.05, 0) is 65.2 Å². The van der Waals surface area contributed by atoms with Crippen LogP contribution < -0.4 is 9.47 Å². The lowest BCUT2D eigenvalue weighted by atomic mass is 9.81. The van der Waals surface area contributed by atoms with Gasteiger partial charge in [0.05, 0.1) is 25.0 Å². The van der Waals surface area contributed by atoms with Crippen molar-refractivity contribution in [3.05, 3.63) is 125 Å². The number of fused-ring (bicyclic) bond motifs is 1. The molecule has 0 saturated carbocycles. The van der Waals surface area contributed by atoms with E-state index in [1.807, 2.05) is 48.5 Å². The van der Waals surface area contributed by atoms with E-state index in [0.717, 1.165) is 11.1 Å². The Morgan fingerprint density at radius 1 is 0.667 bits per heavy atom. The predicted octanol–water partition coefficient (Wildman–Crippen LogP) is 5.86. The second kappa shape index (κ2) is 9.63. The zero-order valence-electron chi connectivity index (χ0n) is 20.0. The molecule has 0 amide bonds. The number of carbonyl (C=O) groups is 1. The van der Waals surface area contributed by atoms with Gasteiger partial charge < -0.3 is 9.47 Å². The molecule has 0 aliphatic heterocycles. The Morgan fingerprint density at radius 3 is 1.78 bits per heavy atom. The molecule has 0 N–H and O–H groups in total. The second-order valence-electron chi connectivity index (χ2n) is 8.78. The molecule has 0 fully saturated rings. The van der Waals surface area contributed by atoms with Crippen molar-refractivity contribution in [3.8, 4) is 11.5 Å². The van der Waals surface area contributed by atoms with Crippen LogP contribution >= 0.6 is 0 Å². The molecule has 3 atom stereocenters. The molecule has 0 aromatic heterocycles. The summed E-state index contributed by atoms with van der Waals surface area (Å²) in [5.74, 6) is -0.197. The number of ether oxygens (including phenoxy) is 2. The van der Waals surface area contributed by atoms with Gasteiger partial charge in [-0.2, -0.15) is 0 Å². The number of hydrogen-bond acceptors (Lipinski definition) is 5. The second-order valence-corrected chi connectivity index (χ2v) is 10.8. The number of hydrogen-bond donors (Lipinski definition) is 0. The Kier molecular flexibility index (Phi) is 6.37. The molecule has 6 heteroatoms. The summed E-state index contributed by atoms with van der Waals surface area (Å²) in [6.07, 6.45) is 0. The van der Waals surface area contributed by atoms with Crippen molar-refractivity contribution in [2.45, 2.75) is 16.1 Å². The minimum absolute atomic E-state index is 0.202. The molecule has 182 valence electrons. The number of benzene rings is 4. The highest BCUT2D eigenvalue weighted by molar-refractivity contribution is 7.91. The molecular weight excluding hydrogens is 472 g/mol. The lowest BCUT2D eigenvalue weighted by Gasteiger charge is -2.25. The van der Waals surface area contributed by atoms with Crippen LogP contribution in [0.5, 0.6) is 11.5 Å². The first kappa shape index (κ1) is 23.8. The number of sulfone groups is 1. The molecule has 0 spiro atoms. The largest absolute Gasteiger partial charge is 0.497 e. The smallest absolute Gasteiger partial charge is 0.186 e. The summed E-state index contributed by atoms with van der Waals surface area (Å²) in [6.45, 7) is 0. The standard InChI is InChI=1S/C30H26O5S/c1-34-22-16-12-20(13-17-22)27-25-10-6-7-11-26(25)30(36(32,33)24-8-4-3-5-9-24)28(27)29(31)21-14-18-23(35-2)19-15-21/h3-19,27-28,30H,1-2H3/t27-,28-,30+/m1/s1. The van der Waals surface area contributed by atoms with Crippen LogP contribution in [0, 0.1) is 5.92 Å². The van der Waals surface area contributed by atoms with Gasteiger partial charge in [-0.25, -0.2) is 8.42 Å². The molecule has 0 bridgehead atoms. The lowest BCUT2D eigenvalue weighted by Crippen LogP contribution is -2.28. The summed E-state index contributed by atoms with van der Waals surface area (Å²) in [4.78, 5) is 14.4. The number of methoxy groups -OCH3 is 2. The van der Waals surface area contributed by atoms with Crippen molar-refractivity contribution in [3.63, 3.8) is 0 Å². The predicted molar refractivity (Wildman–Crippen MR) is 138 cm³/mol. The van der Waals surface area contributed by atoms with E-state index in [1.54, 1.807) is 68.8 Å². The highest BCUT2D eigenvalue weighted by atomic mass is 32.2. The van der Waals surface area contributed by atoms with E-state index in [1.165, 1.54) is 0 Å². The average molecular weight is 499 g/mol. The first-order valence-electron chi connectivity index (χ1n) is 11.7. The Balaban J connectivity index is 1.72. The maximum Gasteiger partial charge on any atom is 0.186 e. The topological polar surface area (TPSA) is 69.7 Å². The quantitative estimate of drug-likeness (QED) is 0.298. The highest BCUT2D eigenvalue weighted by Gasteiger charge is 2.51. The third kappa shape index (κ3) is 4.07. The van der Waals surface area contributed by atoms with Crippen molar-refractivity contribution in [2.24, 2.45) is 5.92 Å². The molecule has 1 aliphatic carbocycles. The molecule has 5 nitrogen and oxygen atoms in total. The summed E-state index contributed by atoms with van der Waals surface area (Å²) >= 11 is 0. The minimum atomic E-state index is -3.89. The van der Waals surface area contributed by atoms with Crippen LogP contribution in [-0.2, 0) is 9.84 Å². The zero-order chi connectivity index (χ0) is 25.3. The van der Waals surface area contributed by atoms with Crippen molar-refractivity contribution >= 4 is 15.6 Å². The van der Waals surface area contributed by atoms with Crippen molar-refractivity contribution in [1.82, 2.24) is 0 Å². The van der Waals surface area contributed by atoms with Crippen molar-refractivity contribution < 1.29 is 22.7 Å². The summed E-state index contributed by atoms with van der Waals surface area (Å²) in [5.41, 5.74) is 2.81. The van der Waals surface area contributed by atoms with Crippen LogP contribution in [0.1, 0.15) is 38.2 Å². The SMILES string of the molecule is COc1ccc(C(=O)[C@H]2[C@H](c3ccc(OC)cc3)c3ccccc3[C@@H]2S(=O)(=O)c2ccccc2)cc1. The summed E-state index contributed by atoms with van der Waals surface area (Å²) in [6, 6.07) is 30.2. The molecule has 0 unspecified atom stereocenters. The molecule has 0 radical (unpaired) electrons. The van der Waals surface area contributed by atoms with Gasteiger partial charge in [-0.15, -0.1) is 0 Å². The molecule has 4 aromatic carbocycles. The van der Waals surface area contributed by atoms with Gasteiger partial charge in [0.25, 0.3) is 0 Å². The van der Waals surface area contributed by atoms with Gasteiger partial charge >= 0.3 is 0 Å². The summed E-state index contributed by atoms with van der Waals surface area (Å²) in [7, 11) is -0.733.